The minimum Gasteiger partial charge on any atom is -0.321 e. The molecule has 0 bridgehead atoms. The fourth-order valence-corrected chi connectivity index (χ4v) is 4.87. The topological polar surface area (TPSA) is 79.4 Å². The van der Waals surface area contributed by atoms with Crippen LogP contribution in [0.5, 0.6) is 0 Å². The number of fused-ring (bicyclic) bond motifs is 1. The van der Waals surface area contributed by atoms with E-state index in [1.54, 1.807) is 30.3 Å². The molecule has 0 saturated carbocycles. The second-order valence-corrected chi connectivity index (χ2v) is 8.60. The summed E-state index contributed by atoms with van der Waals surface area (Å²) >= 11 is 0. The molecule has 0 unspecified atom stereocenters. The molecule has 1 amide bonds. The van der Waals surface area contributed by atoms with Gasteiger partial charge in [0.25, 0.3) is 5.91 Å². The third kappa shape index (κ3) is 3.38. The Balaban J connectivity index is 1.55. The van der Waals surface area contributed by atoms with Crippen molar-refractivity contribution in [2.24, 2.45) is 0 Å². The van der Waals surface area contributed by atoms with Gasteiger partial charge in [-0.1, -0.05) is 18.2 Å². The van der Waals surface area contributed by atoms with E-state index in [2.05, 4.69) is 10.3 Å². The predicted octanol–water partition coefficient (Wildman–Crippen LogP) is 3.34. The van der Waals surface area contributed by atoms with Crippen LogP contribution in [-0.4, -0.2) is 31.6 Å². The minimum absolute atomic E-state index is 0.179. The van der Waals surface area contributed by atoms with Crippen molar-refractivity contribution in [1.82, 2.24) is 4.98 Å². The molecule has 0 spiro atoms. The van der Waals surface area contributed by atoms with Gasteiger partial charge in [0.1, 0.15) is 5.69 Å². The van der Waals surface area contributed by atoms with E-state index in [0.29, 0.717) is 30.0 Å². The van der Waals surface area contributed by atoms with Gasteiger partial charge in [-0.05, 0) is 55.3 Å². The maximum atomic E-state index is 12.6. The molecule has 27 heavy (non-hydrogen) atoms. The van der Waals surface area contributed by atoms with Crippen molar-refractivity contribution >= 4 is 38.2 Å². The van der Waals surface area contributed by atoms with Crippen molar-refractivity contribution in [3.8, 4) is 0 Å². The second-order valence-electron chi connectivity index (χ2n) is 6.58. The molecule has 0 aliphatic carbocycles. The van der Waals surface area contributed by atoms with Crippen LogP contribution in [0.2, 0.25) is 0 Å². The normalized spacial score (nSPS) is 15.8. The van der Waals surface area contributed by atoms with E-state index in [1.807, 2.05) is 31.2 Å². The molecular weight excluding hydrogens is 362 g/mol. The number of hydrogen-bond acceptors (Lipinski definition) is 4. The minimum atomic E-state index is -3.21. The first-order valence-corrected chi connectivity index (χ1v) is 10.3. The number of rotatable bonds is 3. The molecule has 3 aromatic rings. The zero-order valence-corrected chi connectivity index (χ0v) is 15.7. The first kappa shape index (κ1) is 17.5. The largest absolute Gasteiger partial charge is 0.321 e. The fraction of sp³-hybridized carbons (Fsp3) is 0.200. The summed E-state index contributed by atoms with van der Waals surface area (Å²) in [5.74, 6) is -0.122. The van der Waals surface area contributed by atoms with Crippen LogP contribution in [0.15, 0.2) is 54.6 Å². The van der Waals surface area contributed by atoms with E-state index in [4.69, 9.17) is 0 Å². The second kappa shape index (κ2) is 6.66. The number of amides is 1. The summed E-state index contributed by atoms with van der Waals surface area (Å²) in [6.07, 6.45) is 0.633. The number of anilines is 2. The van der Waals surface area contributed by atoms with E-state index in [9.17, 15) is 13.2 Å². The number of hydrogen-bond donors (Lipinski definition) is 1. The summed E-state index contributed by atoms with van der Waals surface area (Å²) in [5, 5.41) is 3.84. The zero-order valence-electron chi connectivity index (χ0n) is 14.8. The van der Waals surface area contributed by atoms with Gasteiger partial charge in [-0.3, -0.25) is 9.10 Å². The molecule has 1 aliphatic heterocycles. The van der Waals surface area contributed by atoms with E-state index in [1.165, 1.54) is 4.31 Å². The molecule has 0 atom stereocenters. The fourth-order valence-electron chi connectivity index (χ4n) is 3.30. The van der Waals surface area contributed by atoms with Crippen molar-refractivity contribution in [2.45, 2.75) is 13.3 Å². The highest BCUT2D eigenvalue weighted by Crippen LogP contribution is 2.25. The summed E-state index contributed by atoms with van der Waals surface area (Å²) < 4.78 is 25.4. The Morgan fingerprint density at radius 1 is 1.11 bits per heavy atom. The van der Waals surface area contributed by atoms with Crippen LogP contribution in [-0.2, 0) is 10.0 Å². The molecule has 1 N–H and O–H groups in total. The number of nitrogens with one attached hydrogen (secondary N) is 1. The lowest BCUT2D eigenvalue weighted by Crippen LogP contribution is -2.25. The summed E-state index contributed by atoms with van der Waals surface area (Å²) in [5.41, 5.74) is 3.31. The van der Waals surface area contributed by atoms with Gasteiger partial charge in [0, 0.05) is 17.6 Å². The van der Waals surface area contributed by atoms with Gasteiger partial charge in [-0.25, -0.2) is 13.4 Å². The van der Waals surface area contributed by atoms with E-state index in [0.717, 1.165) is 16.5 Å². The molecule has 1 fully saturated rings. The number of aromatic nitrogens is 1. The smallest absolute Gasteiger partial charge is 0.274 e. The monoisotopic (exact) mass is 381 g/mol. The highest BCUT2D eigenvalue weighted by atomic mass is 32.2. The summed E-state index contributed by atoms with van der Waals surface area (Å²) in [4.78, 5) is 17.0. The van der Waals surface area contributed by atoms with Crippen LogP contribution in [0, 0.1) is 6.92 Å². The number of pyridine rings is 1. The van der Waals surface area contributed by atoms with Crippen LogP contribution in [0.4, 0.5) is 11.4 Å². The molecule has 2 aromatic carbocycles. The van der Waals surface area contributed by atoms with E-state index in [-0.39, 0.29) is 11.7 Å². The van der Waals surface area contributed by atoms with Crippen LogP contribution >= 0.6 is 0 Å². The number of benzene rings is 2. The van der Waals surface area contributed by atoms with Gasteiger partial charge in [-0.15, -0.1) is 0 Å². The molecule has 138 valence electrons. The predicted molar refractivity (Wildman–Crippen MR) is 107 cm³/mol. The van der Waals surface area contributed by atoms with Gasteiger partial charge in [-0.2, -0.15) is 0 Å². The van der Waals surface area contributed by atoms with E-state index < -0.39 is 10.0 Å². The first-order chi connectivity index (χ1) is 12.9. The number of nitrogens with zero attached hydrogens (tertiary/aromatic N) is 2. The Bertz CT molecular complexity index is 1120. The highest BCUT2D eigenvalue weighted by Gasteiger charge is 2.28. The molecule has 4 rings (SSSR count). The Kier molecular flexibility index (Phi) is 4.31. The van der Waals surface area contributed by atoms with Crippen LogP contribution < -0.4 is 9.62 Å². The maximum absolute atomic E-state index is 12.6. The van der Waals surface area contributed by atoms with Crippen molar-refractivity contribution in [2.75, 3.05) is 21.9 Å². The lowest BCUT2D eigenvalue weighted by molar-refractivity contribution is 0.102. The molecular formula is C20H19N3O3S. The van der Waals surface area contributed by atoms with Crippen LogP contribution in [0.25, 0.3) is 10.9 Å². The summed E-state index contributed by atoms with van der Waals surface area (Å²) in [6.45, 7) is 2.44. The number of carbonyl (C=O) groups is 1. The number of carbonyl (C=O) groups excluding carboxylic acids is 1. The summed E-state index contributed by atoms with van der Waals surface area (Å²) in [7, 11) is -3.21. The highest BCUT2D eigenvalue weighted by molar-refractivity contribution is 7.93. The average Bonchev–Trinajstić information content (AvgIpc) is 3.01. The lowest BCUT2D eigenvalue weighted by Gasteiger charge is -2.17. The molecule has 1 saturated heterocycles. The number of aryl methyl sites for hydroxylation is 1. The lowest BCUT2D eigenvalue weighted by atomic mass is 10.1. The van der Waals surface area contributed by atoms with Crippen molar-refractivity contribution in [1.29, 1.82) is 0 Å². The van der Waals surface area contributed by atoms with Gasteiger partial charge < -0.3 is 5.32 Å². The van der Waals surface area contributed by atoms with Crippen LogP contribution in [0.3, 0.4) is 0 Å². The van der Waals surface area contributed by atoms with Gasteiger partial charge in [0.05, 0.1) is 17.0 Å². The van der Waals surface area contributed by atoms with Crippen LogP contribution in [0.1, 0.15) is 22.5 Å². The quantitative estimate of drug-likeness (QED) is 0.755. The van der Waals surface area contributed by atoms with Gasteiger partial charge in [0.2, 0.25) is 10.0 Å². The SMILES string of the molecule is Cc1cc(C(=O)Nc2ccc(N3CCCS3(=O)=O)cc2)nc2ccccc12. The molecule has 1 aromatic heterocycles. The summed E-state index contributed by atoms with van der Waals surface area (Å²) in [6, 6.07) is 16.3. The third-order valence-electron chi connectivity index (χ3n) is 4.67. The Labute approximate surface area is 157 Å². The Morgan fingerprint density at radius 3 is 2.56 bits per heavy atom. The Hall–Kier alpha value is -2.93. The van der Waals surface area contributed by atoms with Crippen molar-refractivity contribution in [3.05, 3.63) is 65.9 Å². The maximum Gasteiger partial charge on any atom is 0.274 e. The van der Waals surface area contributed by atoms with Gasteiger partial charge >= 0.3 is 0 Å². The van der Waals surface area contributed by atoms with Crippen molar-refractivity contribution in [3.63, 3.8) is 0 Å². The van der Waals surface area contributed by atoms with E-state index >= 15 is 0 Å². The molecule has 2 heterocycles. The Morgan fingerprint density at radius 2 is 1.85 bits per heavy atom. The van der Waals surface area contributed by atoms with Crippen molar-refractivity contribution < 1.29 is 13.2 Å². The van der Waals surface area contributed by atoms with Gasteiger partial charge in [0.15, 0.2) is 0 Å². The molecule has 6 nitrogen and oxygen atoms in total. The number of sulfonamides is 1. The number of para-hydroxylation sites is 1. The zero-order chi connectivity index (χ0) is 19.0. The standard InChI is InChI=1S/C20H19N3O3S/c1-14-13-19(22-18-6-3-2-5-17(14)18)20(24)21-15-7-9-16(10-8-15)23-11-4-12-27(23,25)26/h2-3,5-10,13H,4,11-12H2,1H3,(H,21,24). The first-order valence-electron chi connectivity index (χ1n) is 8.72. The molecule has 7 heteroatoms. The average molecular weight is 381 g/mol. The molecule has 0 radical (unpaired) electrons. The third-order valence-corrected chi connectivity index (χ3v) is 6.54. The molecule has 1 aliphatic rings.